The first-order valence-electron chi connectivity index (χ1n) is 8.66. The molecule has 2 heterocycles. The third-order valence-corrected chi connectivity index (χ3v) is 4.84. The molecule has 2 aromatic carbocycles. The van der Waals surface area contributed by atoms with Crippen LogP contribution in [0.4, 0.5) is 5.69 Å². The Morgan fingerprint density at radius 1 is 0.917 bits per heavy atom. The molecule has 1 aliphatic rings. The van der Waals surface area contributed by atoms with E-state index in [1.165, 1.54) is 22.2 Å². The fourth-order valence-corrected chi connectivity index (χ4v) is 3.51. The average Bonchev–Trinajstić information content (AvgIpc) is 2.63. The van der Waals surface area contributed by atoms with Crippen LogP contribution in [0.25, 0.3) is 10.9 Å². The van der Waals surface area contributed by atoms with Gasteiger partial charge in [0.2, 0.25) is 0 Å². The van der Waals surface area contributed by atoms with Crippen LogP contribution in [0, 0.1) is 6.92 Å². The normalized spacial score (nSPS) is 15.8. The quantitative estimate of drug-likeness (QED) is 0.731. The highest BCUT2D eigenvalue weighted by molar-refractivity contribution is 5.92. The first-order chi connectivity index (χ1) is 11.8. The van der Waals surface area contributed by atoms with E-state index in [4.69, 9.17) is 0 Å². The fourth-order valence-electron chi connectivity index (χ4n) is 3.51. The second-order valence-corrected chi connectivity index (χ2v) is 6.60. The summed E-state index contributed by atoms with van der Waals surface area (Å²) in [5.41, 5.74) is 5.10. The Labute approximate surface area is 143 Å². The number of nitrogens with zero attached hydrogens (tertiary/aromatic N) is 3. The van der Waals surface area contributed by atoms with E-state index in [0.717, 1.165) is 38.2 Å². The van der Waals surface area contributed by atoms with Gasteiger partial charge in [0, 0.05) is 50.0 Å². The third kappa shape index (κ3) is 3.13. The fraction of sp³-hybridized carbons (Fsp3) is 0.286. The van der Waals surface area contributed by atoms with E-state index in [2.05, 4.69) is 76.3 Å². The van der Waals surface area contributed by atoms with E-state index in [1.54, 1.807) is 0 Å². The largest absolute Gasteiger partial charge is 0.368 e. The number of hydrogen-bond acceptors (Lipinski definition) is 3. The van der Waals surface area contributed by atoms with Gasteiger partial charge in [-0.15, -0.1) is 0 Å². The van der Waals surface area contributed by atoms with Crippen LogP contribution in [0.3, 0.4) is 0 Å². The number of fused-ring (bicyclic) bond motifs is 1. The molecule has 122 valence electrons. The molecule has 1 fully saturated rings. The van der Waals surface area contributed by atoms with Crippen LogP contribution >= 0.6 is 0 Å². The minimum absolute atomic E-state index is 1.05. The predicted octanol–water partition coefficient (Wildman–Crippen LogP) is 3.87. The lowest BCUT2D eigenvalue weighted by atomic mass is 10.1. The van der Waals surface area contributed by atoms with Crippen LogP contribution in [-0.2, 0) is 6.54 Å². The number of aryl methyl sites for hydroxylation is 1. The summed E-state index contributed by atoms with van der Waals surface area (Å²) in [7, 11) is 0. The molecule has 4 rings (SSSR count). The summed E-state index contributed by atoms with van der Waals surface area (Å²) in [4.78, 5) is 9.56. The molecule has 1 aliphatic heterocycles. The number of aromatic nitrogens is 1. The summed E-state index contributed by atoms with van der Waals surface area (Å²) in [6, 6.07) is 19.4. The number of benzene rings is 2. The van der Waals surface area contributed by atoms with Gasteiger partial charge in [0.05, 0.1) is 5.52 Å². The smallest absolute Gasteiger partial charge is 0.0722 e. The molecule has 0 N–H and O–H groups in total. The molecule has 0 saturated carbocycles. The molecule has 24 heavy (non-hydrogen) atoms. The summed E-state index contributed by atoms with van der Waals surface area (Å²) in [5, 5.41) is 1.27. The van der Waals surface area contributed by atoms with Crippen LogP contribution in [0.15, 0.2) is 60.8 Å². The maximum Gasteiger partial charge on any atom is 0.0722 e. The second kappa shape index (κ2) is 6.62. The lowest BCUT2D eigenvalue weighted by molar-refractivity contribution is 0.250. The van der Waals surface area contributed by atoms with Gasteiger partial charge in [0.15, 0.2) is 0 Å². The van der Waals surface area contributed by atoms with E-state index < -0.39 is 0 Å². The number of pyridine rings is 1. The minimum atomic E-state index is 1.05. The minimum Gasteiger partial charge on any atom is -0.368 e. The van der Waals surface area contributed by atoms with Gasteiger partial charge in [0.1, 0.15) is 0 Å². The van der Waals surface area contributed by atoms with Crippen molar-refractivity contribution in [1.82, 2.24) is 9.88 Å². The molecule has 1 aromatic heterocycles. The van der Waals surface area contributed by atoms with Crippen LogP contribution < -0.4 is 4.90 Å². The molecule has 0 bridgehead atoms. The monoisotopic (exact) mass is 317 g/mol. The Balaban J connectivity index is 1.49. The van der Waals surface area contributed by atoms with E-state index in [0.29, 0.717) is 0 Å². The van der Waals surface area contributed by atoms with Crippen molar-refractivity contribution in [1.29, 1.82) is 0 Å². The molecule has 0 unspecified atom stereocenters. The summed E-state index contributed by atoms with van der Waals surface area (Å²) in [5.74, 6) is 0. The molecule has 0 spiro atoms. The SMILES string of the molecule is Cc1ccc2nccc(N3CCN(Cc4ccccc4)CC3)c2c1. The molecule has 1 saturated heterocycles. The molecular formula is C21H23N3. The number of rotatable bonds is 3. The molecule has 3 heteroatoms. The number of anilines is 1. The average molecular weight is 317 g/mol. The van der Waals surface area contributed by atoms with Gasteiger partial charge < -0.3 is 4.90 Å². The van der Waals surface area contributed by atoms with Crippen molar-refractivity contribution in [3.8, 4) is 0 Å². The highest BCUT2D eigenvalue weighted by Crippen LogP contribution is 2.27. The van der Waals surface area contributed by atoms with Crippen molar-refractivity contribution in [2.75, 3.05) is 31.1 Å². The van der Waals surface area contributed by atoms with Crippen molar-refractivity contribution < 1.29 is 0 Å². The van der Waals surface area contributed by atoms with E-state index in [9.17, 15) is 0 Å². The molecule has 3 nitrogen and oxygen atoms in total. The summed E-state index contributed by atoms with van der Waals surface area (Å²) in [6.07, 6.45) is 1.93. The molecule has 0 aliphatic carbocycles. The Morgan fingerprint density at radius 2 is 1.71 bits per heavy atom. The lowest BCUT2D eigenvalue weighted by Crippen LogP contribution is -2.46. The Kier molecular flexibility index (Phi) is 4.18. The van der Waals surface area contributed by atoms with Gasteiger partial charge in [-0.25, -0.2) is 0 Å². The van der Waals surface area contributed by atoms with Crippen LogP contribution in [0.1, 0.15) is 11.1 Å². The predicted molar refractivity (Wildman–Crippen MR) is 100 cm³/mol. The summed E-state index contributed by atoms with van der Waals surface area (Å²) < 4.78 is 0. The molecule has 0 amide bonds. The van der Waals surface area contributed by atoms with Gasteiger partial charge in [-0.1, -0.05) is 42.0 Å². The maximum atomic E-state index is 4.51. The van der Waals surface area contributed by atoms with Crippen molar-refractivity contribution in [2.45, 2.75) is 13.5 Å². The molecule has 3 aromatic rings. The zero-order chi connectivity index (χ0) is 16.4. The van der Waals surface area contributed by atoms with E-state index in [-0.39, 0.29) is 0 Å². The van der Waals surface area contributed by atoms with Gasteiger partial charge >= 0.3 is 0 Å². The zero-order valence-electron chi connectivity index (χ0n) is 14.2. The second-order valence-electron chi connectivity index (χ2n) is 6.60. The highest BCUT2D eigenvalue weighted by atomic mass is 15.3. The van der Waals surface area contributed by atoms with Crippen molar-refractivity contribution in [3.63, 3.8) is 0 Å². The zero-order valence-corrected chi connectivity index (χ0v) is 14.2. The number of hydrogen-bond donors (Lipinski definition) is 0. The lowest BCUT2D eigenvalue weighted by Gasteiger charge is -2.36. The van der Waals surface area contributed by atoms with Gasteiger partial charge in [0.25, 0.3) is 0 Å². The van der Waals surface area contributed by atoms with Crippen LogP contribution in [0.2, 0.25) is 0 Å². The van der Waals surface area contributed by atoms with Crippen molar-refractivity contribution >= 4 is 16.6 Å². The highest BCUT2D eigenvalue weighted by Gasteiger charge is 2.19. The maximum absolute atomic E-state index is 4.51. The van der Waals surface area contributed by atoms with Gasteiger partial charge in [-0.3, -0.25) is 9.88 Å². The Bertz CT molecular complexity index is 821. The summed E-state index contributed by atoms with van der Waals surface area (Å²) in [6.45, 7) is 7.54. The van der Waals surface area contributed by atoms with Gasteiger partial charge in [-0.2, -0.15) is 0 Å². The third-order valence-electron chi connectivity index (χ3n) is 4.84. The summed E-state index contributed by atoms with van der Waals surface area (Å²) >= 11 is 0. The Morgan fingerprint density at radius 3 is 2.50 bits per heavy atom. The van der Waals surface area contributed by atoms with E-state index >= 15 is 0 Å². The first-order valence-corrected chi connectivity index (χ1v) is 8.66. The topological polar surface area (TPSA) is 19.4 Å². The number of piperazine rings is 1. The molecule has 0 atom stereocenters. The Hall–Kier alpha value is -2.39. The van der Waals surface area contributed by atoms with Crippen molar-refractivity contribution in [3.05, 3.63) is 71.9 Å². The first kappa shape index (κ1) is 15.2. The van der Waals surface area contributed by atoms with E-state index in [1.807, 2.05) is 6.20 Å². The standard InChI is InChI=1S/C21H23N3/c1-17-7-8-20-19(15-17)21(9-10-22-20)24-13-11-23(12-14-24)16-18-5-3-2-4-6-18/h2-10,15H,11-14,16H2,1H3. The van der Waals surface area contributed by atoms with Gasteiger partial charge in [-0.05, 0) is 30.7 Å². The molecular weight excluding hydrogens is 294 g/mol. The van der Waals surface area contributed by atoms with Crippen molar-refractivity contribution in [2.24, 2.45) is 0 Å². The van der Waals surface area contributed by atoms with Crippen LogP contribution in [0.5, 0.6) is 0 Å². The molecule has 0 radical (unpaired) electrons. The van der Waals surface area contributed by atoms with Crippen LogP contribution in [-0.4, -0.2) is 36.1 Å².